The highest BCUT2D eigenvalue weighted by Gasteiger charge is 2.33. The highest BCUT2D eigenvalue weighted by molar-refractivity contribution is 5.93. The summed E-state index contributed by atoms with van der Waals surface area (Å²) in [5.41, 5.74) is -0.734. The fraction of sp³-hybridized carbons (Fsp3) is 0.333. The summed E-state index contributed by atoms with van der Waals surface area (Å²) in [7, 11) is 0. The van der Waals surface area contributed by atoms with Crippen LogP contribution in [0.1, 0.15) is 13.3 Å². The molecule has 15 heavy (non-hydrogen) atoms. The molecule has 1 aliphatic rings. The predicted molar refractivity (Wildman–Crippen MR) is 48.4 cm³/mol. The van der Waals surface area contributed by atoms with Gasteiger partial charge < -0.3 is 20.4 Å². The molecule has 6 heteroatoms. The first-order chi connectivity index (χ1) is 6.86. The number of carboxylic acid groups (broad SMARTS) is 2. The molecule has 0 saturated heterocycles. The number of carboxylic acids is 2. The Morgan fingerprint density at radius 3 is 2.07 bits per heavy atom. The molecule has 82 valence electrons. The Balaban J connectivity index is 3.32. The summed E-state index contributed by atoms with van der Waals surface area (Å²) in [6.45, 7) is 1.47. The number of aliphatic hydroxyl groups is 2. The maximum Gasteiger partial charge on any atom is 0.335 e. The number of aliphatic carboxylic acids is 2. The van der Waals surface area contributed by atoms with Gasteiger partial charge in [-0.05, 0) is 12.3 Å². The van der Waals surface area contributed by atoms with E-state index < -0.39 is 29.4 Å². The Kier molecular flexibility index (Phi) is 2.69. The highest BCUT2D eigenvalue weighted by atomic mass is 16.4. The Hall–Kier alpha value is -1.98. The fourth-order valence-corrected chi connectivity index (χ4v) is 1.51. The second-order valence-corrected chi connectivity index (χ2v) is 3.30. The van der Waals surface area contributed by atoms with Crippen molar-refractivity contribution in [2.24, 2.45) is 5.92 Å². The van der Waals surface area contributed by atoms with Crippen molar-refractivity contribution in [2.45, 2.75) is 13.3 Å². The lowest BCUT2D eigenvalue weighted by Crippen LogP contribution is -2.22. The molecule has 6 nitrogen and oxygen atoms in total. The van der Waals surface area contributed by atoms with Crippen molar-refractivity contribution in [2.75, 3.05) is 0 Å². The molecule has 0 spiro atoms. The van der Waals surface area contributed by atoms with Gasteiger partial charge in [-0.25, -0.2) is 9.59 Å². The quantitative estimate of drug-likeness (QED) is 0.540. The van der Waals surface area contributed by atoms with E-state index in [4.69, 9.17) is 10.2 Å². The standard InChI is InChI=1S/C9H10O6/c1-3-2-4(8(12)13)6(10)7(11)5(3)9(14)15/h3,10-11H,2H2,1H3,(H,12,13)(H,14,15). The van der Waals surface area contributed by atoms with Gasteiger partial charge in [0.25, 0.3) is 0 Å². The number of rotatable bonds is 2. The van der Waals surface area contributed by atoms with Crippen LogP contribution >= 0.6 is 0 Å². The van der Waals surface area contributed by atoms with Gasteiger partial charge in [-0.2, -0.15) is 0 Å². The van der Waals surface area contributed by atoms with E-state index in [1.807, 2.05) is 0 Å². The van der Waals surface area contributed by atoms with Crippen LogP contribution in [-0.2, 0) is 9.59 Å². The molecule has 0 bridgehead atoms. The molecule has 0 aromatic carbocycles. The summed E-state index contributed by atoms with van der Waals surface area (Å²) in [5.74, 6) is -5.10. The van der Waals surface area contributed by atoms with Crippen molar-refractivity contribution in [3.8, 4) is 0 Å². The molecule has 0 aliphatic heterocycles. The van der Waals surface area contributed by atoms with E-state index in [1.54, 1.807) is 0 Å². The number of aliphatic hydroxyl groups excluding tert-OH is 2. The Bertz CT molecular complexity index is 389. The zero-order valence-corrected chi connectivity index (χ0v) is 7.89. The molecule has 0 amide bonds. The summed E-state index contributed by atoms with van der Waals surface area (Å²) in [4.78, 5) is 21.3. The second-order valence-electron chi connectivity index (χ2n) is 3.30. The van der Waals surface area contributed by atoms with Crippen molar-refractivity contribution < 1.29 is 30.0 Å². The maximum atomic E-state index is 10.7. The van der Waals surface area contributed by atoms with E-state index in [0.717, 1.165) is 0 Å². The van der Waals surface area contributed by atoms with Gasteiger partial charge in [0.1, 0.15) is 0 Å². The topological polar surface area (TPSA) is 115 Å². The van der Waals surface area contributed by atoms with Crippen LogP contribution in [0.15, 0.2) is 22.7 Å². The molecule has 1 rings (SSSR count). The van der Waals surface area contributed by atoms with Crippen molar-refractivity contribution >= 4 is 11.9 Å². The molecule has 0 saturated carbocycles. The highest BCUT2D eigenvalue weighted by Crippen LogP contribution is 2.32. The number of carbonyl (C=O) groups is 2. The largest absolute Gasteiger partial charge is 0.504 e. The zero-order chi connectivity index (χ0) is 11.7. The third kappa shape index (κ3) is 1.78. The Morgan fingerprint density at radius 2 is 1.67 bits per heavy atom. The van der Waals surface area contributed by atoms with Crippen LogP contribution in [0.25, 0.3) is 0 Å². The molecule has 1 aliphatic carbocycles. The molecule has 0 fully saturated rings. The van der Waals surface area contributed by atoms with Crippen LogP contribution in [0.2, 0.25) is 0 Å². The van der Waals surface area contributed by atoms with Gasteiger partial charge in [-0.3, -0.25) is 0 Å². The molecule has 1 unspecified atom stereocenters. The van der Waals surface area contributed by atoms with E-state index >= 15 is 0 Å². The van der Waals surface area contributed by atoms with Crippen LogP contribution in [0.3, 0.4) is 0 Å². The normalized spacial score (nSPS) is 21.8. The third-order valence-electron chi connectivity index (χ3n) is 2.26. The number of hydrogen-bond donors (Lipinski definition) is 4. The van der Waals surface area contributed by atoms with Crippen LogP contribution in [-0.4, -0.2) is 32.4 Å². The van der Waals surface area contributed by atoms with Crippen molar-refractivity contribution in [3.05, 3.63) is 22.7 Å². The Morgan fingerprint density at radius 1 is 1.13 bits per heavy atom. The van der Waals surface area contributed by atoms with Gasteiger partial charge in [0, 0.05) is 0 Å². The Labute approximate surface area is 84.8 Å². The molecule has 0 aromatic rings. The van der Waals surface area contributed by atoms with Crippen LogP contribution in [0.4, 0.5) is 0 Å². The van der Waals surface area contributed by atoms with Crippen LogP contribution in [0, 0.1) is 5.92 Å². The van der Waals surface area contributed by atoms with Crippen LogP contribution in [0.5, 0.6) is 0 Å². The van der Waals surface area contributed by atoms with Gasteiger partial charge in [-0.15, -0.1) is 0 Å². The van der Waals surface area contributed by atoms with Gasteiger partial charge in [-0.1, -0.05) is 6.92 Å². The molecule has 0 aromatic heterocycles. The first-order valence-electron chi connectivity index (χ1n) is 4.18. The van der Waals surface area contributed by atoms with Gasteiger partial charge in [0.05, 0.1) is 11.1 Å². The maximum absolute atomic E-state index is 10.7. The first kappa shape index (κ1) is 11.1. The van der Waals surface area contributed by atoms with Crippen molar-refractivity contribution in [1.29, 1.82) is 0 Å². The molecule has 4 N–H and O–H groups in total. The zero-order valence-electron chi connectivity index (χ0n) is 7.89. The van der Waals surface area contributed by atoms with E-state index in [0.29, 0.717) is 0 Å². The average molecular weight is 214 g/mol. The molecule has 1 atom stereocenters. The molecular weight excluding hydrogens is 204 g/mol. The van der Waals surface area contributed by atoms with E-state index in [-0.39, 0.29) is 17.6 Å². The van der Waals surface area contributed by atoms with E-state index in [1.165, 1.54) is 6.92 Å². The van der Waals surface area contributed by atoms with Crippen LogP contribution < -0.4 is 0 Å². The van der Waals surface area contributed by atoms with Gasteiger partial charge in [0.15, 0.2) is 11.5 Å². The van der Waals surface area contributed by atoms with Gasteiger partial charge >= 0.3 is 11.9 Å². The smallest absolute Gasteiger partial charge is 0.335 e. The minimum absolute atomic E-state index is 0.118. The van der Waals surface area contributed by atoms with Crippen molar-refractivity contribution in [3.63, 3.8) is 0 Å². The van der Waals surface area contributed by atoms with E-state index in [2.05, 4.69) is 0 Å². The van der Waals surface area contributed by atoms with E-state index in [9.17, 15) is 19.8 Å². The summed E-state index contributed by atoms with van der Waals surface area (Å²) >= 11 is 0. The lowest BCUT2D eigenvalue weighted by atomic mass is 9.86. The minimum Gasteiger partial charge on any atom is -0.504 e. The summed E-state index contributed by atoms with van der Waals surface area (Å²) in [6.07, 6.45) is -0.118. The summed E-state index contributed by atoms with van der Waals surface area (Å²) in [6, 6.07) is 0. The lowest BCUT2D eigenvalue weighted by Gasteiger charge is -2.20. The molecule has 0 radical (unpaired) electrons. The summed E-state index contributed by atoms with van der Waals surface area (Å²) in [5, 5.41) is 36.0. The third-order valence-corrected chi connectivity index (χ3v) is 2.26. The van der Waals surface area contributed by atoms with Crippen molar-refractivity contribution in [1.82, 2.24) is 0 Å². The fourth-order valence-electron chi connectivity index (χ4n) is 1.51. The SMILES string of the molecule is CC1CC(C(=O)O)=C(O)C(O)=C1C(=O)O. The lowest BCUT2D eigenvalue weighted by molar-refractivity contribution is -0.135. The minimum atomic E-state index is -1.37. The van der Waals surface area contributed by atoms with Gasteiger partial charge in [0.2, 0.25) is 0 Å². The first-order valence-corrected chi connectivity index (χ1v) is 4.18. The summed E-state index contributed by atoms with van der Waals surface area (Å²) < 4.78 is 0. The average Bonchev–Trinajstić information content (AvgIpc) is 2.10. The molecule has 0 heterocycles. The second kappa shape index (κ2) is 3.64. The monoisotopic (exact) mass is 214 g/mol. The number of hydrogen-bond acceptors (Lipinski definition) is 4. The predicted octanol–water partition coefficient (Wildman–Crippen LogP) is 0.820. The molecular formula is C9H10O6.